The van der Waals surface area contributed by atoms with E-state index in [0.29, 0.717) is 0 Å². The number of hydrogen-bond donors (Lipinski definition) is 0. The van der Waals surface area contributed by atoms with Gasteiger partial charge in [-0.25, -0.2) is 0 Å². The molecule has 0 radical (unpaired) electrons. The van der Waals surface area contributed by atoms with Crippen molar-refractivity contribution in [3.8, 4) is 0 Å². The quantitative estimate of drug-likeness (QED) is 0.314. The summed E-state index contributed by atoms with van der Waals surface area (Å²) in [4.78, 5) is 21.8. The van der Waals surface area contributed by atoms with Gasteiger partial charge < -0.3 is 0 Å². The maximum atomic E-state index is 12.2. The minimum absolute atomic E-state index is 0.0221. The molecule has 0 saturated carbocycles. The molecule has 27 heavy (non-hydrogen) atoms. The summed E-state index contributed by atoms with van der Waals surface area (Å²) in [5, 5.41) is 0.0221. The maximum Gasteiger partial charge on any atom is 0.416 e. The molecule has 2 aromatic carbocycles. The van der Waals surface area contributed by atoms with Crippen molar-refractivity contribution in [3.63, 3.8) is 0 Å². The summed E-state index contributed by atoms with van der Waals surface area (Å²) in [6.07, 6.45) is -8.78. The smallest absolute Gasteiger partial charge is 0.295 e. The zero-order valence-electron chi connectivity index (χ0n) is 13.8. The van der Waals surface area contributed by atoms with E-state index in [-0.39, 0.29) is 28.0 Å². The monoisotopic (exact) mass is 454 g/mol. The fourth-order valence-electron chi connectivity index (χ4n) is 1.86. The summed E-state index contributed by atoms with van der Waals surface area (Å²) < 4.78 is 73.0. The Kier molecular flexibility index (Phi) is 7.77. The van der Waals surface area contributed by atoms with E-state index in [9.17, 15) is 35.9 Å². The fraction of sp³-hybridized carbons (Fsp3) is 0.222. The number of rotatable bonds is 3. The molecular formula is C18H13BrF6O2. The first-order valence-electron chi connectivity index (χ1n) is 7.31. The van der Waals surface area contributed by atoms with Crippen molar-refractivity contribution in [3.05, 3.63) is 70.8 Å². The second-order valence-electron chi connectivity index (χ2n) is 5.27. The van der Waals surface area contributed by atoms with Crippen molar-refractivity contribution in [2.45, 2.75) is 19.3 Å². The van der Waals surface area contributed by atoms with Gasteiger partial charge in [0, 0.05) is 11.1 Å². The molecular weight excluding hydrogens is 442 g/mol. The van der Waals surface area contributed by atoms with E-state index in [1.165, 1.54) is 31.2 Å². The third kappa shape index (κ3) is 7.16. The molecule has 0 aliphatic heterocycles. The minimum Gasteiger partial charge on any atom is -0.295 e. The van der Waals surface area contributed by atoms with E-state index in [1.54, 1.807) is 0 Å². The molecule has 0 aromatic heterocycles. The Morgan fingerprint density at radius 3 is 1.59 bits per heavy atom. The molecule has 0 heterocycles. The van der Waals surface area contributed by atoms with E-state index in [2.05, 4.69) is 15.9 Å². The Morgan fingerprint density at radius 2 is 1.22 bits per heavy atom. The van der Waals surface area contributed by atoms with Gasteiger partial charge in [-0.15, -0.1) is 0 Å². The van der Waals surface area contributed by atoms with Crippen LogP contribution in [-0.4, -0.2) is 16.9 Å². The van der Waals surface area contributed by atoms with Gasteiger partial charge >= 0.3 is 12.4 Å². The summed E-state index contributed by atoms with van der Waals surface area (Å²) in [5.74, 6) is -0.734. The van der Waals surface area contributed by atoms with Gasteiger partial charge in [0.1, 0.15) is 0 Å². The summed E-state index contributed by atoms with van der Waals surface area (Å²) >= 11 is 2.90. The highest BCUT2D eigenvalue weighted by atomic mass is 79.9. The number of ketones is 2. The molecule has 2 nitrogen and oxygen atoms in total. The lowest BCUT2D eigenvalue weighted by Crippen LogP contribution is -2.07. The van der Waals surface area contributed by atoms with Crippen LogP contribution in [0.3, 0.4) is 0 Å². The van der Waals surface area contributed by atoms with Crippen molar-refractivity contribution in [2.75, 3.05) is 5.33 Å². The first-order valence-corrected chi connectivity index (χ1v) is 8.43. The summed E-state index contributed by atoms with van der Waals surface area (Å²) in [6.45, 7) is 1.23. The Balaban J connectivity index is 0.000000271. The molecule has 0 atom stereocenters. The zero-order valence-corrected chi connectivity index (χ0v) is 15.4. The van der Waals surface area contributed by atoms with E-state index in [0.717, 1.165) is 24.3 Å². The maximum absolute atomic E-state index is 12.2. The highest BCUT2D eigenvalue weighted by Gasteiger charge is 2.31. The van der Waals surface area contributed by atoms with Crippen molar-refractivity contribution < 1.29 is 35.9 Å². The molecule has 0 amide bonds. The average molecular weight is 455 g/mol. The molecule has 0 spiro atoms. The second kappa shape index (κ2) is 9.16. The third-order valence-corrected chi connectivity index (χ3v) is 3.74. The van der Waals surface area contributed by atoms with Gasteiger partial charge in [-0.1, -0.05) is 40.2 Å². The van der Waals surface area contributed by atoms with Crippen LogP contribution in [0.5, 0.6) is 0 Å². The summed E-state index contributed by atoms with van der Waals surface area (Å²) in [5.41, 5.74) is -1.45. The molecule has 0 saturated heterocycles. The van der Waals surface area contributed by atoms with Gasteiger partial charge in [0.15, 0.2) is 11.6 Å². The van der Waals surface area contributed by atoms with Crippen LogP contribution < -0.4 is 0 Å². The SMILES string of the molecule is CC(=O)c1cccc(C(F)(F)F)c1.O=C(CBr)c1cccc(C(F)(F)F)c1. The highest BCUT2D eigenvalue weighted by molar-refractivity contribution is 9.09. The molecule has 0 unspecified atom stereocenters. The van der Waals surface area contributed by atoms with E-state index in [1.807, 2.05) is 0 Å². The highest BCUT2D eigenvalue weighted by Crippen LogP contribution is 2.30. The number of alkyl halides is 7. The largest absolute Gasteiger partial charge is 0.416 e. The molecule has 2 rings (SSSR count). The third-order valence-electron chi connectivity index (χ3n) is 3.23. The van der Waals surface area contributed by atoms with Gasteiger partial charge in [-0.3, -0.25) is 9.59 Å². The van der Waals surface area contributed by atoms with Gasteiger partial charge in [-0.2, -0.15) is 26.3 Å². The number of carbonyl (C=O) groups excluding carboxylic acids is 2. The Morgan fingerprint density at radius 1 is 0.815 bits per heavy atom. The zero-order chi connectivity index (χ0) is 20.8. The van der Waals surface area contributed by atoms with Gasteiger partial charge in [0.25, 0.3) is 0 Å². The molecule has 0 aliphatic rings. The number of benzene rings is 2. The number of Topliss-reactive ketones (excluding diaryl/α,β-unsaturated/α-hetero) is 2. The first kappa shape index (κ1) is 22.9. The molecule has 0 N–H and O–H groups in total. The lowest BCUT2D eigenvalue weighted by molar-refractivity contribution is -0.138. The van der Waals surface area contributed by atoms with Crippen molar-refractivity contribution in [2.24, 2.45) is 0 Å². The normalized spacial score (nSPS) is 11.4. The number of hydrogen-bond acceptors (Lipinski definition) is 2. The molecule has 0 aliphatic carbocycles. The number of halogens is 7. The Hall–Kier alpha value is -2.16. The van der Waals surface area contributed by atoms with E-state index in [4.69, 9.17) is 0 Å². The summed E-state index contributed by atoms with van der Waals surface area (Å²) in [6, 6.07) is 8.73. The van der Waals surface area contributed by atoms with Crippen LogP contribution in [0, 0.1) is 0 Å². The molecule has 146 valence electrons. The van der Waals surface area contributed by atoms with Crippen molar-refractivity contribution in [1.82, 2.24) is 0 Å². The molecule has 9 heteroatoms. The van der Waals surface area contributed by atoms with Gasteiger partial charge in [0.2, 0.25) is 0 Å². The fourth-order valence-corrected chi connectivity index (χ4v) is 2.18. The van der Waals surface area contributed by atoms with Crippen LogP contribution in [-0.2, 0) is 12.4 Å². The Labute approximate surface area is 159 Å². The standard InChI is InChI=1S/C9H6BrF3O.C9H7F3O/c10-5-8(14)6-2-1-3-7(4-6)9(11,12)13;1-6(13)7-3-2-4-8(5-7)9(10,11)12/h1-4H,5H2;2-5H,1H3. The van der Waals surface area contributed by atoms with Crippen LogP contribution in [0.4, 0.5) is 26.3 Å². The van der Waals surface area contributed by atoms with Crippen LogP contribution >= 0.6 is 15.9 Å². The van der Waals surface area contributed by atoms with E-state index >= 15 is 0 Å². The second-order valence-corrected chi connectivity index (χ2v) is 5.83. The van der Waals surface area contributed by atoms with Crippen LogP contribution in [0.15, 0.2) is 48.5 Å². The van der Waals surface area contributed by atoms with Crippen molar-refractivity contribution in [1.29, 1.82) is 0 Å². The van der Waals surface area contributed by atoms with Crippen LogP contribution in [0.2, 0.25) is 0 Å². The average Bonchev–Trinajstić information content (AvgIpc) is 2.60. The van der Waals surface area contributed by atoms with E-state index < -0.39 is 23.5 Å². The van der Waals surface area contributed by atoms with Gasteiger partial charge in [0.05, 0.1) is 16.5 Å². The predicted molar refractivity (Wildman–Crippen MR) is 91.0 cm³/mol. The number of carbonyl (C=O) groups is 2. The summed E-state index contributed by atoms with van der Waals surface area (Å²) in [7, 11) is 0. The minimum atomic E-state index is -4.40. The Bertz CT molecular complexity index is 812. The molecule has 0 fully saturated rings. The lowest BCUT2D eigenvalue weighted by atomic mass is 10.1. The predicted octanol–water partition coefficient (Wildman–Crippen LogP) is 6.19. The molecule has 2 aromatic rings. The van der Waals surface area contributed by atoms with Crippen LogP contribution in [0.1, 0.15) is 38.8 Å². The van der Waals surface area contributed by atoms with Crippen molar-refractivity contribution >= 4 is 27.5 Å². The lowest BCUT2D eigenvalue weighted by Gasteiger charge is -2.07. The molecule has 0 bridgehead atoms. The first-order chi connectivity index (χ1) is 12.4. The topological polar surface area (TPSA) is 34.1 Å². The van der Waals surface area contributed by atoms with Crippen LogP contribution in [0.25, 0.3) is 0 Å². The van der Waals surface area contributed by atoms with Gasteiger partial charge in [-0.05, 0) is 31.2 Å².